The van der Waals surface area contributed by atoms with E-state index in [4.69, 9.17) is 0 Å². The number of nitrogens with zero attached hydrogens (tertiary/aromatic N) is 5. The maximum absolute atomic E-state index is 12.9. The van der Waals surface area contributed by atoms with Crippen LogP contribution in [0.1, 0.15) is 5.56 Å². The molecule has 0 spiro atoms. The second kappa shape index (κ2) is 6.21. The van der Waals surface area contributed by atoms with Gasteiger partial charge in [-0.05, 0) is 35.9 Å². The first kappa shape index (κ1) is 15.6. The Hall–Kier alpha value is -2.87. The van der Waals surface area contributed by atoms with Gasteiger partial charge in [0.05, 0.1) is 11.7 Å². The van der Waals surface area contributed by atoms with E-state index in [0.29, 0.717) is 5.65 Å². The molecule has 0 aliphatic carbocycles. The van der Waals surface area contributed by atoms with Crippen LogP contribution in [0.3, 0.4) is 0 Å². The molecular weight excluding hydrogens is 387 g/mol. The monoisotopic (exact) mass is 398 g/mol. The van der Waals surface area contributed by atoms with Gasteiger partial charge in [0, 0.05) is 16.9 Å². The second-order valence-electron chi connectivity index (χ2n) is 5.45. The van der Waals surface area contributed by atoms with Crippen molar-refractivity contribution in [2.45, 2.75) is 0 Å². The maximum atomic E-state index is 12.9. The lowest BCUT2D eigenvalue weighted by molar-refractivity contribution is 0.628. The minimum absolute atomic E-state index is 0.287. The van der Waals surface area contributed by atoms with Crippen molar-refractivity contribution in [1.82, 2.24) is 19.7 Å². The lowest BCUT2D eigenvalue weighted by Crippen LogP contribution is -2.00. The molecule has 1 N–H and O–H groups in total. The second-order valence-corrected chi connectivity index (χ2v) is 6.37. The Morgan fingerprint density at radius 1 is 1.16 bits per heavy atom. The fourth-order valence-electron chi connectivity index (χ4n) is 2.59. The number of aromatic nitrogens is 4. The molecule has 6 nitrogen and oxygen atoms in total. The third-order valence-electron chi connectivity index (χ3n) is 3.81. The highest BCUT2D eigenvalue weighted by Gasteiger charge is 2.12. The van der Waals surface area contributed by atoms with Gasteiger partial charge in [-0.15, -0.1) is 10.2 Å². The zero-order valence-electron chi connectivity index (χ0n) is 13.1. The third kappa shape index (κ3) is 2.96. The quantitative estimate of drug-likeness (QED) is 0.420. The van der Waals surface area contributed by atoms with Crippen molar-refractivity contribution in [3.8, 4) is 0 Å². The Morgan fingerprint density at radius 2 is 1.96 bits per heavy atom. The first-order valence-electron chi connectivity index (χ1n) is 7.45. The highest BCUT2D eigenvalue weighted by molar-refractivity contribution is 9.10. The van der Waals surface area contributed by atoms with Gasteiger partial charge in [0.1, 0.15) is 11.3 Å². The zero-order valence-corrected chi connectivity index (χ0v) is 14.7. The van der Waals surface area contributed by atoms with Crippen LogP contribution < -0.4 is 5.43 Å². The van der Waals surface area contributed by atoms with Gasteiger partial charge in [-0.3, -0.25) is 0 Å². The standard InChI is InChI=1S/C17H12BrFN6/c1-25-14-7-4-11(18)8-13(14)15-16(25)21-17(24-22-15)23-20-9-10-2-5-12(19)6-3-10/h2-9H,1H3,(H,21,23,24)/b20-9+. The Kier molecular flexibility index (Phi) is 3.89. The summed E-state index contributed by atoms with van der Waals surface area (Å²) in [7, 11) is 1.93. The number of hydrogen-bond donors (Lipinski definition) is 1. The van der Waals surface area contributed by atoms with E-state index in [2.05, 4.69) is 41.6 Å². The van der Waals surface area contributed by atoms with Gasteiger partial charge in [-0.1, -0.05) is 28.1 Å². The molecule has 124 valence electrons. The molecule has 0 amide bonds. The zero-order chi connectivity index (χ0) is 17.4. The summed E-state index contributed by atoms with van der Waals surface area (Å²) in [5.74, 6) is 0.00124. The van der Waals surface area contributed by atoms with Crippen molar-refractivity contribution >= 4 is 50.2 Å². The van der Waals surface area contributed by atoms with Crippen molar-refractivity contribution in [1.29, 1.82) is 0 Å². The van der Waals surface area contributed by atoms with E-state index < -0.39 is 0 Å². The molecule has 0 saturated carbocycles. The number of hydrazone groups is 1. The molecule has 2 aromatic heterocycles. The third-order valence-corrected chi connectivity index (χ3v) is 4.30. The molecule has 0 bridgehead atoms. The molecule has 2 aromatic carbocycles. The first-order chi connectivity index (χ1) is 12.1. The molecule has 2 heterocycles. The normalized spacial score (nSPS) is 11.6. The van der Waals surface area contributed by atoms with Crippen molar-refractivity contribution in [3.63, 3.8) is 0 Å². The number of rotatable bonds is 3. The molecule has 4 rings (SSSR count). The molecule has 4 aromatic rings. The molecule has 0 aliphatic rings. The molecule has 0 aliphatic heterocycles. The summed E-state index contributed by atoms with van der Waals surface area (Å²) in [6.45, 7) is 0. The first-order valence-corrected chi connectivity index (χ1v) is 8.24. The van der Waals surface area contributed by atoms with Crippen LogP contribution in [0.15, 0.2) is 52.0 Å². The summed E-state index contributed by atoms with van der Waals surface area (Å²) in [5, 5.41) is 13.4. The van der Waals surface area contributed by atoms with Gasteiger partial charge in [-0.25, -0.2) is 9.82 Å². The summed E-state index contributed by atoms with van der Waals surface area (Å²) < 4.78 is 15.8. The average molecular weight is 399 g/mol. The average Bonchev–Trinajstić information content (AvgIpc) is 2.88. The van der Waals surface area contributed by atoms with E-state index >= 15 is 0 Å². The van der Waals surface area contributed by atoms with E-state index in [9.17, 15) is 4.39 Å². The number of benzene rings is 2. The molecule has 0 saturated heterocycles. The highest BCUT2D eigenvalue weighted by atomic mass is 79.9. The Bertz CT molecular complexity index is 1100. The summed E-state index contributed by atoms with van der Waals surface area (Å²) in [5.41, 5.74) is 5.97. The predicted molar refractivity (Wildman–Crippen MR) is 99.1 cm³/mol. The van der Waals surface area contributed by atoms with Crippen molar-refractivity contribution in [2.24, 2.45) is 12.1 Å². The highest BCUT2D eigenvalue weighted by Crippen LogP contribution is 2.27. The van der Waals surface area contributed by atoms with Gasteiger partial charge in [0.15, 0.2) is 5.65 Å². The largest absolute Gasteiger partial charge is 0.327 e. The van der Waals surface area contributed by atoms with Crippen LogP contribution in [-0.2, 0) is 7.05 Å². The van der Waals surface area contributed by atoms with E-state index in [1.54, 1.807) is 18.3 Å². The Labute approximate surface area is 150 Å². The number of hydrogen-bond acceptors (Lipinski definition) is 5. The summed E-state index contributed by atoms with van der Waals surface area (Å²) >= 11 is 3.47. The fourth-order valence-corrected chi connectivity index (χ4v) is 2.95. The van der Waals surface area contributed by atoms with Crippen LogP contribution in [0, 0.1) is 5.82 Å². The number of halogens is 2. The summed E-state index contributed by atoms with van der Waals surface area (Å²) in [4.78, 5) is 4.48. The fraction of sp³-hybridized carbons (Fsp3) is 0.0588. The minimum atomic E-state index is -0.287. The summed E-state index contributed by atoms with van der Waals surface area (Å²) in [6, 6.07) is 12.0. The molecular formula is C17H12BrFN6. The van der Waals surface area contributed by atoms with E-state index in [-0.39, 0.29) is 11.8 Å². The van der Waals surface area contributed by atoms with Crippen molar-refractivity contribution < 1.29 is 4.39 Å². The molecule has 0 unspecified atom stereocenters. The topological polar surface area (TPSA) is 68.0 Å². The molecule has 0 fully saturated rings. The van der Waals surface area contributed by atoms with Crippen LogP contribution in [0.25, 0.3) is 22.1 Å². The van der Waals surface area contributed by atoms with Crippen LogP contribution in [-0.4, -0.2) is 26.0 Å². The molecule has 0 radical (unpaired) electrons. The smallest absolute Gasteiger partial charge is 0.265 e. The number of nitrogens with one attached hydrogen (secondary N) is 1. The lowest BCUT2D eigenvalue weighted by Gasteiger charge is -1.99. The van der Waals surface area contributed by atoms with E-state index in [1.807, 2.05) is 29.8 Å². The number of anilines is 1. The van der Waals surface area contributed by atoms with Crippen LogP contribution in [0.2, 0.25) is 0 Å². The van der Waals surface area contributed by atoms with Crippen molar-refractivity contribution in [2.75, 3.05) is 5.43 Å². The molecule has 25 heavy (non-hydrogen) atoms. The number of aryl methyl sites for hydroxylation is 1. The van der Waals surface area contributed by atoms with Gasteiger partial charge in [0.2, 0.25) is 0 Å². The lowest BCUT2D eigenvalue weighted by atomic mass is 10.2. The Morgan fingerprint density at radius 3 is 2.76 bits per heavy atom. The van der Waals surface area contributed by atoms with Crippen LogP contribution in [0.4, 0.5) is 10.3 Å². The van der Waals surface area contributed by atoms with Crippen LogP contribution in [0.5, 0.6) is 0 Å². The Balaban J connectivity index is 1.66. The van der Waals surface area contributed by atoms with Crippen LogP contribution >= 0.6 is 15.9 Å². The summed E-state index contributed by atoms with van der Waals surface area (Å²) in [6.07, 6.45) is 1.56. The predicted octanol–water partition coefficient (Wildman–Crippen LogP) is 3.86. The van der Waals surface area contributed by atoms with E-state index in [1.165, 1.54) is 12.1 Å². The SMILES string of the molecule is Cn1c2ccc(Br)cc2c2nnc(N/N=C/c3ccc(F)cc3)nc21. The van der Waals surface area contributed by atoms with Gasteiger partial charge in [-0.2, -0.15) is 10.1 Å². The maximum Gasteiger partial charge on any atom is 0.265 e. The molecule has 0 atom stereocenters. The van der Waals surface area contributed by atoms with Gasteiger partial charge in [0.25, 0.3) is 5.95 Å². The number of fused-ring (bicyclic) bond motifs is 3. The van der Waals surface area contributed by atoms with Gasteiger partial charge >= 0.3 is 0 Å². The minimum Gasteiger partial charge on any atom is -0.327 e. The van der Waals surface area contributed by atoms with Crippen molar-refractivity contribution in [3.05, 3.63) is 58.3 Å². The van der Waals surface area contributed by atoms with Gasteiger partial charge < -0.3 is 4.57 Å². The molecule has 8 heteroatoms. The van der Waals surface area contributed by atoms with E-state index in [0.717, 1.165) is 26.5 Å².